The van der Waals surface area contributed by atoms with Crippen molar-refractivity contribution in [2.75, 3.05) is 19.6 Å². The second-order valence-corrected chi connectivity index (χ2v) is 6.45. The Morgan fingerprint density at radius 1 is 1.32 bits per heavy atom. The molecule has 0 bridgehead atoms. The molecule has 1 aliphatic heterocycles. The van der Waals surface area contributed by atoms with Gasteiger partial charge in [-0.25, -0.2) is 0 Å². The molecule has 0 spiro atoms. The Labute approximate surface area is 132 Å². The van der Waals surface area contributed by atoms with Gasteiger partial charge in [0.1, 0.15) is 0 Å². The van der Waals surface area contributed by atoms with Crippen molar-refractivity contribution in [2.24, 2.45) is 11.8 Å². The van der Waals surface area contributed by atoms with E-state index in [1.165, 1.54) is 5.56 Å². The van der Waals surface area contributed by atoms with Crippen LogP contribution in [0.15, 0.2) is 30.3 Å². The zero-order valence-corrected chi connectivity index (χ0v) is 13.5. The number of hydrogen-bond acceptors (Lipinski definition) is 2. The highest BCUT2D eigenvalue weighted by atomic mass is 16.2. The molecule has 120 valence electrons. The molecule has 1 N–H and O–H groups in total. The highest BCUT2D eigenvalue weighted by Gasteiger charge is 2.33. The van der Waals surface area contributed by atoms with E-state index in [1.54, 1.807) is 0 Å². The molecule has 2 amide bonds. The lowest BCUT2D eigenvalue weighted by atomic mass is 10.1. The number of benzene rings is 1. The van der Waals surface area contributed by atoms with Crippen LogP contribution in [0.4, 0.5) is 0 Å². The Bertz CT molecular complexity index is 499. The predicted molar refractivity (Wildman–Crippen MR) is 87.3 cm³/mol. The number of amides is 2. The van der Waals surface area contributed by atoms with Gasteiger partial charge in [0, 0.05) is 26.1 Å². The maximum atomic E-state index is 12.2. The Morgan fingerprint density at radius 2 is 2.05 bits per heavy atom. The summed E-state index contributed by atoms with van der Waals surface area (Å²) in [6, 6.07) is 10.1. The third-order valence-corrected chi connectivity index (χ3v) is 4.12. The first-order valence-corrected chi connectivity index (χ1v) is 8.15. The third-order valence-electron chi connectivity index (χ3n) is 4.12. The molecule has 1 unspecified atom stereocenters. The quantitative estimate of drug-likeness (QED) is 0.840. The second-order valence-electron chi connectivity index (χ2n) is 6.45. The lowest BCUT2D eigenvalue weighted by Gasteiger charge is -2.17. The average molecular weight is 302 g/mol. The van der Waals surface area contributed by atoms with Gasteiger partial charge in [-0.3, -0.25) is 9.59 Å². The van der Waals surface area contributed by atoms with Gasteiger partial charge in [-0.15, -0.1) is 0 Å². The van der Waals surface area contributed by atoms with Crippen LogP contribution in [-0.4, -0.2) is 36.3 Å². The van der Waals surface area contributed by atoms with Crippen LogP contribution in [-0.2, 0) is 16.0 Å². The smallest absolute Gasteiger partial charge is 0.225 e. The summed E-state index contributed by atoms with van der Waals surface area (Å²) < 4.78 is 0. The summed E-state index contributed by atoms with van der Waals surface area (Å²) in [7, 11) is 0. The Kier molecular flexibility index (Phi) is 5.99. The zero-order chi connectivity index (χ0) is 15.9. The minimum absolute atomic E-state index is 0.0105. The van der Waals surface area contributed by atoms with Crippen molar-refractivity contribution in [2.45, 2.75) is 33.1 Å². The van der Waals surface area contributed by atoms with Crippen LogP contribution in [0.5, 0.6) is 0 Å². The molecule has 0 saturated carbocycles. The standard InChI is InChI=1S/C18H26N2O2/c1-14(2)9-11-20-13-16(12-17(20)21)18(22)19-10-8-15-6-4-3-5-7-15/h3-7,14,16H,8-13H2,1-2H3,(H,19,22). The lowest BCUT2D eigenvalue weighted by Crippen LogP contribution is -2.34. The summed E-state index contributed by atoms with van der Waals surface area (Å²) in [4.78, 5) is 26.0. The molecule has 0 aliphatic carbocycles. The molecule has 4 nitrogen and oxygen atoms in total. The Hall–Kier alpha value is -1.84. The molecule has 1 aromatic rings. The molecule has 0 aromatic heterocycles. The first-order chi connectivity index (χ1) is 10.6. The van der Waals surface area contributed by atoms with Crippen LogP contribution in [0.3, 0.4) is 0 Å². The van der Waals surface area contributed by atoms with E-state index in [0.717, 1.165) is 19.4 Å². The zero-order valence-electron chi connectivity index (χ0n) is 13.5. The Morgan fingerprint density at radius 3 is 2.73 bits per heavy atom. The fourth-order valence-corrected chi connectivity index (χ4v) is 2.70. The SMILES string of the molecule is CC(C)CCN1CC(C(=O)NCCc2ccccc2)CC1=O. The largest absolute Gasteiger partial charge is 0.355 e. The van der Waals surface area contributed by atoms with Gasteiger partial charge in [0.05, 0.1) is 5.92 Å². The second kappa shape index (κ2) is 7.97. The highest BCUT2D eigenvalue weighted by molar-refractivity contribution is 5.89. The molecular formula is C18H26N2O2. The van der Waals surface area contributed by atoms with Gasteiger partial charge in [-0.05, 0) is 24.3 Å². The summed E-state index contributed by atoms with van der Waals surface area (Å²) in [5.41, 5.74) is 1.21. The molecule has 1 aliphatic rings. The van der Waals surface area contributed by atoms with Crippen molar-refractivity contribution >= 4 is 11.8 Å². The van der Waals surface area contributed by atoms with Crippen molar-refractivity contribution in [3.8, 4) is 0 Å². The summed E-state index contributed by atoms with van der Waals surface area (Å²) in [5.74, 6) is 0.516. The van der Waals surface area contributed by atoms with Gasteiger partial charge < -0.3 is 10.2 Å². The van der Waals surface area contributed by atoms with Crippen LogP contribution >= 0.6 is 0 Å². The molecule has 22 heavy (non-hydrogen) atoms. The molecule has 1 fully saturated rings. The highest BCUT2D eigenvalue weighted by Crippen LogP contribution is 2.19. The molecule has 1 saturated heterocycles. The van der Waals surface area contributed by atoms with E-state index in [2.05, 4.69) is 31.3 Å². The van der Waals surface area contributed by atoms with E-state index >= 15 is 0 Å². The number of nitrogens with zero attached hydrogens (tertiary/aromatic N) is 1. The van der Waals surface area contributed by atoms with Gasteiger partial charge in [0.15, 0.2) is 0 Å². The topological polar surface area (TPSA) is 49.4 Å². The number of carbonyl (C=O) groups excluding carboxylic acids is 2. The van der Waals surface area contributed by atoms with E-state index in [1.807, 2.05) is 23.1 Å². The van der Waals surface area contributed by atoms with E-state index in [9.17, 15) is 9.59 Å². The first-order valence-electron chi connectivity index (χ1n) is 8.15. The number of hydrogen-bond donors (Lipinski definition) is 1. The number of carbonyl (C=O) groups is 2. The van der Waals surface area contributed by atoms with Crippen molar-refractivity contribution < 1.29 is 9.59 Å². The number of likely N-dealkylation sites (tertiary alicyclic amines) is 1. The molecule has 0 radical (unpaired) electrons. The lowest BCUT2D eigenvalue weighted by molar-refractivity contribution is -0.129. The number of nitrogens with one attached hydrogen (secondary N) is 1. The van der Waals surface area contributed by atoms with Crippen LogP contribution in [0, 0.1) is 11.8 Å². The summed E-state index contributed by atoms with van der Waals surface area (Å²) in [5, 5.41) is 2.96. The molecule has 1 heterocycles. The van der Waals surface area contributed by atoms with Gasteiger partial charge in [0.2, 0.25) is 11.8 Å². The average Bonchev–Trinajstić information content (AvgIpc) is 2.87. The van der Waals surface area contributed by atoms with Crippen LogP contribution in [0.25, 0.3) is 0 Å². The molecular weight excluding hydrogens is 276 g/mol. The molecule has 2 rings (SSSR count). The van der Waals surface area contributed by atoms with E-state index in [-0.39, 0.29) is 17.7 Å². The maximum absolute atomic E-state index is 12.2. The molecule has 1 aromatic carbocycles. The fourth-order valence-electron chi connectivity index (χ4n) is 2.70. The predicted octanol–water partition coefficient (Wildman–Crippen LogP) is 2.24. The first kappa shape index (κ1) is 16.5. The van der Waals surface area contributed by atoms with Crippen molar-refractivity contribution in [1.29, 1.82) is 0 Å². The molecule has 4 heteroatoms. The van der Waals surface area contributed by atoms with Crippen molar-refractivity contribution in [1.82, 2.24) is 10.2 Å². The van der Waals surface area contributed by atoms with Crippen LogP contribution in [0.1, 0.15) is 32.3 Å². The monoisotopic (exact) mass is 302 g/mol. The van der Waals surface area contributed by atoms with Crippen molar-refractivity contribution in [3.63, 3.8) is 0 Å². The minimum atomic E-state index is -0.185. The number of rotatable bonds is 7. The maximum Gasteiger partial charge on any atom is 0.225 e. The van der Waals surface area contributed by atoms with Crippen LogP contribution in [0.2, 0.25) is 0 Å². The fraction of sp³-hybridized carbons (Fsp3) is 0.556. The van der Waals surface area contributed by atoms with E-state index < -0.39 is 0 Å². The Balaban J connectivity index is 1.73. The van der Waals surface area contributed by atoms with Gasteiger partial charge in [-0.2, -0.15) is 0 Å². The minimum Gasteiger partial charge on any atom is -0.355 e. The van der Waals surface area contributed by atoms with E-state index in [4.69, 9.17) is 0 Å². The van der Waals surface area contributed by atoms with E-state index in [0.29, 0.717) is 25.4 Å². The van der Waals surface area contributed by atoms with Gasteiger partial charge >= 0.3 is 0 Å². The summed E-state index contributed by atoms with van der Waals surface area (Å²) >= 11 is 0. The normalized spacial score (nSPS) is 18.0. The van der Waals surface area contributed by atoms with Crippen LogP contribution < -0.4 is 5.32 Å². The van der Waals surface area contributed by atoms with Gasteiger partial charge in [-0.1, -0.05) is 44.2 Å². The summed E-state index contributed by atoms with van der Waals surface area (Å²) in [6.45, 7) is 6.26. The summed E-state index contributed by atoms with van der Waals surface area (Å²) in [6.07, 6.45) is 2.17. The van der Waals surface area contributed by atoms with Crippen molar-refractivity contribution in [3.05, 3.63) is 35.9 Å². The third kappa shape index (κ3) is 4.86. The van der Waals surface area contributed by atoms with Gasteiger partial charge in [0.25, 0.3) is 0 Å². The molecule has 1 atom stereocenters.